The Morgan fingerprint density at radius 1 is 1.09 bits per heavy atom. The molecule has 0 saturated carbocycles. The fraction of sp³-hybridized carbons (Fsp3) is 0.333. The highest BCUT2D eigenvalue weighted by Crippen LogP contribution is 2.19. The van der Waals surface area contributed by atoms with Crippen molar-refractivity contribution in [2.24, 2.45) is 0 Å². The largest absolute Gasteiger partial charge is 0.491 e. The van der Waals surface area contributed by atoms with Crippen molar-refractivity contribution >= 4 is 15.9 Å². The Bertz CT molecular complexity index is 615. The van der Waals surface area contributed by atoms with Gasteiger partial charge in [-0.05, 0) is 41.8 Å². The zero-order chi connectivity index (χ0) is 15.4. The molecule has 1 aliphatic rings. The third kappa shape index (κ3) is 4.09. The van der Waals surface area contributed by atoms with Crippen LogP contribution in [0.25, 0.3) is 0 Å². The monoisotopic (exact) mass is 361 g/mol. The quantitative estimate of drug-likeness (QED) is 0.887. The van der Waals surface area contributed by atoms with Gasteiger partial charge in [-0.1, -0.05) is 40.2 Å². The van der Waals surface area contributed by atoms with E-state index in [1.165, 1.54) is 11.1 Å². The highest BCUT2D eigenvalue weighted by atomic mass is 79.9. The van der Waals surface area contributed by atoms with Gasteiger partial charge in [0.15, 0.2) is 0 Å². The van der Waals surface area contributed by atoms with Crippen molar-refractivity contribution in [2.75, 3.05) is 19.7 Å². The van der Waals surface area contributed by atoms with E-state index in [0.29, 0.717) is 13.2 Å². The molecule has 22 heavy (non-hydrogen) atoms. The highest BCUT2D eigenvalue weighted by molar-refractivity contribution is 9.10. The number of β-amino-alcohol motifs (C(OH)–C–C–N with tert-alkyl or cyclic N) is 1. The Morgan fingerprint density at radius 2 is 1.82 bits per heavy atom. The van der Waals surface area contributed by atoms with Crippen LogP contribution >= 0.6 is 15.9 Å². The van der Waals surface area contributed by atoms with Crippen molar-refractivity contribution in [2.45, 2.75) is 19.1 Å². The number of fused-ring (bicyclic) bond motifs is 1. The number of hydrogen-bond acceptors (Lipinski definition) is 3. The number of benzene rings is 2. The Kier molecular flexibility index (Phi) is 5.13. The average molecular weight is 362 g/mol. The van der Waals surface area contributed by atoms with Gasteiger partial charge in [0.05, 0.1) is 0 Å². The van der Waals surface area contributed by atoms with Gasteiger partial charge in [-0.2, -0.15) is 0 Å². The molecular weight excluding hydrogens is 342 g/mol. The van der Waals surface area contributed by atoms with Gasteiger partial charge in [-0.15, -0.1) is 0 Å². The molecule has 1 atom stereocenters. The average Bonchev–Trinajstić information content (AvgIpc) is 2.54. The summed E-state index contributed by atoms with van der Waals surface area (Å²) in [6.07, 6.45) is 0.574. The summed E-state index contributed by atoms with van der Waals surface area (Å²) in [6, 6.07) is 16.2. The molecular formula is C18H20BrNO2. The molecule has 2 aromatic carbocycles. The third-order valence-corrected chi connectivity index (χ3v) is 4.46. The summed E-state index contributed by atoms with van der Waals surface area (Å²) >= 11 is 3.39. The lowest BCUT2D eigenvalue weighted by molar-refractivity contribution is 0.0638. The van der Waals surface area contributed by atoms with E-state index >= 15 is 0 Å². The predicted octanol–water partition coefficient (Wildman–Crippen LogP) is 3.25. The lowest BCUT2D eigenvalue weighted by Crippen LogP contribution is -2.38. The zero-order valence-electron chi connectivity index (χ0n) is 12.4. The van der Waals surface area contributed by atoms with Crippen LogP contribution in [0.1, 0.15) is 11.1 Å². The molecule has 1 unspecified atom stereocenters. The molecule has 1 heterocycles. The lowest BCUT2D eigenvalue weighted by atomic mass is 10.00. The third-order valence-electron chi connectivity index (χ3n) is 3.93. The first kappa shape index (κ1) is 15.5. The minimum atomic E-state index is -0.478. The van der Waals surface area contributed by atoms with Crippen LogP contribution in [0.15, 0.2) is 53.0 Å². The lowest BCUT2D eigenvalue weighted by Gasteiger charge is -2.30. The second-order valence-corrected chi connectivity index (χ2v) is 6.59. The predicted molar refractivity (Wildman–Crippen MR) is 91.1 cm³/mol. The minimum Gasteiger partial charge on any atom is -0.491 e. The van der Waals surface area contributed by atoms with Gasteiger partial charge in [-0.25, -0.2) is 0 Å². The first-order valence-corrected chi connectivity index (χ1v) is 8.35. The van der Waals surface area contributed by atoms with E-state index in [-0.39, 0.29) is 0 Å². The van der Waals surface area contributed by atoms with Crippen LogP contribution in [-0.2, 0) is 13.0 Å². The Morgan fingerprint density at radius 3 is 2.59 bits per heavy atom. The number of ether oxygens (including phenoxy) is 1. The molecule has 4 heteroatoms. The maximum Gasteiger partial charge on any atom is 0.119 e. The number of aliphatic hydroxyl groups excluding tert-OH is 1. The van der Waals surface area contributed by atoms with Gasteiger partial charge < -0.3 is 9.84 Å². The molecule has 0 amide bonds. The number of nitrogens with zero attached hydrogens (tertiary/aromatic N) is 1. The number of halogens is 1. The molecule has 0 spiro atoms. The van der Waals surface area contributed by atoms with E-state index < -0.39 is 6.10 Å². The van der Waals surface area contributed by atoms with Gasteiger partial charge in [0.2, 0.25) is 0 Å². The van der Waals surface area contributed by atoms with Crippen LogP contribution in [0.3, 0.4) is 0 Å². The van der Waals surface area contributed by atoms with E-state index in [9.17, 15) is 5.11 Å². The molecule has 0 radical (unpaired) electrons. The van der Waals surface area contributed by atoms with Crippen LogP contribution in [0.2, 0.25) is 0 Å². The molecule has 0 bridgehead atoms. The van der Waals surface area contributed by atoms with Gasteiger partial charge in [-0.3, -0.25) is 4.90 Å². The number of rotatable bonds is 5. The van der Waals surface area contributed by atoms with E-state index in [1.54, 1.807) is 0 Å². The number of hydrogen-bond donors (Lipinski definition) is 1. The van der Waals surface area contributed by atoms with Crippen molar-refractivity contribution in [1.29, 1.82) is 0 Å². The smallest absolute Gasteiger partial charge is 0.119 e. The Hall–Kier alpha value is -1.36. The fourth-order valence-electron chi connectivity index (χ4n) is 2.78. The highest BCUT2D eigenvalue weighted by Gasteiger charge is 2.18. The van der Waals surface area contributed by atoms with Crippen LogP contribution < -0.4 is 4.74 Å². The molecule has 3 rings (SSSR count). The van der Waals surface area contributed by atoms with Gasteiger partial charge in [0, 0.05) is 24.1 Å². The van der Waals surface area contributed by atoms with E-state index in [2.05, 4.69) is 45.1 Å². The minimum absolute atomic E-state index is 0.319. The summed E-state index contributed by atoms with van der Waals surface area (Å²) in [5, 5.41) is 10.2. The van der Waals surface area contributed by atoms with Gasteiger partial charge >= 0.3 is 0 Å². The van der Waals surface area contributed by atoms with E-state index in [4.69, 9.17) is 4.74 Å². The SMILES string of the molecule is OC(COc1ccc(Br)cc1)CN1CCc2ccccc2C1. The molecule has 3 nitrogen and oxygen atoms in total. The van der Waals surface area contributed by atoms with Crippen molar-refractivity contribution in [1.82, 2.24) is 4.90 Å². The molecule has 0 fully saturated rings. The molecule has 1 aliphatic heterocycles. The summed E-state index contributed by atoms with van der Waals surface area (Å²) in [5.74, 6) is 0.784. The summed E-state index contributed by atoms with van der Waals surface area (Å²) in [5.41, 5.74) is 2.80. The van der Waals surface area contributed by atoms with Crippen molar-refractivity contribution < 1.29 is 9.84 Å². The summed E-state index contributed by atoms with van der Waals surface area (Å²) < 4.78 is 6.66. The molecule has 0 saturated heterocycles. The number of aliphatic hydroxyl groups is 1. The zero-order valence-corrected chi connectivity index (χ0v) is 14.0. The second-order valence-electron chi connectivity index (χ2n) is 5.67. The standard InChI is InChI=1S/C18H20BrNO2/c19-16-5-7-18(8-6-16)22-13-17(21)12-20-10-9-14-3-1-2-4-15(14)11-20/h1-8,17,21H,9-13H2. The van der Waals surface area contributed by atoms with Crippen molar-refractivity contribution in [3.8, 4) is 5.75 Å². The van der Waals surface area contributed by atoms with Gasteiger partial charge in [0.25, 0.3) is 0 Å². The van der Waals surface area contributed by atoms with Crippen LogP contribution in [0.5, 0.6) is 5.75 Å². The molecule has 116 valence electrons. The summed E-state index contributed by atoms with van der Waals surface area (Å²) in [4.78, 5) is 2.29. The molecule has 0 aromatic heterocycles. The maximum absolute atomic E-state index is 10.2. The Balaban J connectivity index is 1.48. The Labute approximate surface area is 139 Å². The van der Waals surface area contributed by atoms with Crippen molar-refractivity contribution in [3.05, 3.63) is 64.1 Å². The van der Waals surface area contributed by atoms with E-state index in [0.717, 1.165) is 29.7 Å². The summed E-state index contributed by atoms with van der Waals surface area (Å²) in [6.45, 7) is 2.86. The second kappa shape index (κ2) is 7.27. The molecule has 2 aromatic rings. The fourth-order valence-corrected chi connectivity index (χ4v) is 3.05. The first-order valence-electron chi connectivity index (χ1n) is 7.56. The first-order chi connectivity index (χ1) is 10.7. The van der Waals surface area contributed by atoms with E-state index in [1.807, 2.05) is 24.3 Å². The molecule has 1 N–H and O–H groups in total. The van der Waals surface area contributed by atoms with Crippen molar-refractivity contribution in [3.63, 3.8) is 0 Å². The summed E-state index contributed by atoms with van der Waals surface area (Å²) in [7, 11) is 0. The normalized spacial score (nSPS) is 16.1. The molecule has 0 aliphatic carbocycles. The van der Waals surface area contributed by atoms with Crippen LogP contribution in [0, 0.1) is 0 Å². The van der Waals surface area contributed by atoms with Crippen LogP contribution in [-0.4, -0.2) is 35.8 Å². The van der Waals surface area contributed by atoms with Gasteiger partial charge in [0.1, 0.15) is 18.5 Å². The maximum atomic E-state index is 10.2. The topological polar surface area (TPSA) is 32.7 Å². The van der Waals surface area contributed by atoms with Crippen LogP contribution in [0.4, 0.5) is 0 Å².